The predicted octanol–water partition coefficient (Wildman–Crippen LogP) is 4.98. The molecule has 0 N–H and O–H groups in total. The smallest absolute Gasteiger partial charge is 0.0681 e. The third-order valence-corrected chi connectivity index (χ3v) is 3.52. The van der Waals surface area contributed by atoms with Gasteiger partial charge in [-0.2, -0.15) is 0 Å². The minimum Gasteiger partial charge on any atom is -0.264 e. The summed E-state index contributed by atoms with van der Waals surface area (Å²) in [6.45, 7) is 0. The van der Waals surface area contributed by atoms with Crippen LogP contribution in [0.4, 0.5) is 0 Å². The first-order valence-electron chi connectivity index (χ1n) is 5.59. The highest BCUT2D eigenvalue weighted by Gasteiger charge is 2.15. The van der Waals surface area contributed by atoms with Crippen molar-refractivity contribution in [1.29, 1.82) is 0 Å². The molecule has 1 aromatic heterocycles. The van der Waals surface area contributed by atoms with Gasteiger partial charge in [-0.05, 0) is 35.2 Å². The maximum atomic E-state index is 8.70. The van der Waals surface area contributed by atoms with E-state index >= 15 is 0 Å². The summed E-state index contributed by atoms with van der Waals surface area (Å²) in [4.78, 5) is 6.92. The lowest BCUT2D eigenvalue weighted by molar-refractivity contribution is 0.713. The quantitative estimate of drug-likeness (QED) is 0.445. The second kappa shape index (κ2) is 6.43. The normalized spacial score (nSPS) is 11.7. The standard InChI is InChI=1S/C13H10Cl2N4/c14-11-5-1-4-10(13(11)15)12(18-19-16)7-9-3-2-6-17-8-9/h1-6,8,12H,7H2. The van der Waals surface area contributed by atoms with Gasteiger partial charge in [-0.25, -0.2) is 0 Å². The first-order chi connectivity index (χ1) is 9.22. The Kier molecular flexibility index (Phi) is 4.63. The number of halogens is 2. The fourth-order valence-corrected chi connectivity index (χ4v) is 2.23. The van der Waals surface area contributed by atoms with Crippen LogP contribution in [0.5, 0.6) is 0 Å². The zero-order valence-corrected chi connectivity index (χ0v) is 11.4. The fourth-order valence-electron chi connectivity index (χ4n) is 1.80. The molecule has 19 heavy (non-hydrogen) atoms. The minimum atomic E-state index is -0.402. The van der Waals surface area contributed by atoms with Gasteiger partial charge in [0.25, 0.3) is 0 Å². The Morgan fingerprint density at radius 3 is 2.79 bits per heavy atom. The van der Waals surface area contributed by atoms with E-state index in [1.54, 1.807) is 24.5 Å². The maximum Gasteiger partial charge on any atom is 0.0681 e. The molecule has 4 nitrogen and oxygen atoms in total. The molecule has 1 heterocycles. The Labute approximate surface area is 120 Å². The molecule has 0 saturated heterocycles. The van der Waals surface area contributed by atoms with Gasteiger partial charge < -0.3 is 0 Å². The topological polar surface area (TPSA) is 61.7 Å². The molecule has 1 atom stereocenters. The first-order valence-corrected chi connectivity index (χ1v) is 6.35. The van der Waals surface area contributed by atoms with Crippen molar-refractivity contribution in [2.45, 2.75) is 12.5 Å². The van der Waals surface area contributed by atoms with E-state index < -0.39 is 6.04 Å². The van der Waals surface area contributed by atoms with Gasteiger partial charge in [-0.1, -0.05) is 46.5 Å². The monoisotopic (exact) mass is 292 g/mol. The summed E-state index contributed by atoms with van der Waals surface area (Å²) in [6, 6.07) is 8.65. The number of benzene rings is 1. The van der Waals surface area contributed by atoms with Crippen molar-refractivity contribution in [3.8, 4) is 0 Å². The molecular weight excluding hydrogens is 283 g/mol. The molecule has 1 aromatic carbocycles. The summed E-state index contributed by atoms with van der Waals surface area (Å²) in [5, 5.41) is 4.67. The van der Waals surface area contributed by atoms with Crippen LogP contribution in [0.3, 0.4) is 0 Å². The molecule has 0 radical (unpaired) electrons. The lowest BCUT2D eigenvalue weighted by atomic mass is 10.0. The van der Waals surface area contributed by atoms with Crippen molar-refractivity contribution < 1.29 is 0 Å². The zero-order chi connectivity index (χ0) is 13.7. The van der Waals surface area contributed by atoms with Crippen LogP contribution < -0.4 is 0 Å². The Balaban J connectivity index is 2.35. The van der Waals surface area contributed by atoms with Gasteiger partial charge >= 0.3 is 0 Å². The summed E-state index contributed by atoms with van der Waals surface area (Å²) in [5.41, 5.74) is 10.4. The molecule has 0 saturated carbocycles. The van der Waals surface area contributed by atoms with E-state index in [0.29, 0.717) is 16.5 Å². The minimum absolute atomic E-state index is 0.402. The van der Waals surface area contributed by atoms with Crippen LogP contribution in [0, 0.1) is 0 Å². The number of aromatic nitrogens is 1. The first kappa shape index (κ1) is 13.7. The van der Waals surface area contributed by atoms with E-state index in [0.717, 1.165) is 11.1 Å². The summed E-state index contributed by atoms with van der Waals surface area (Å²) in [7, 11) is 0. The average Bonchev–Trinajstić information content (AvgIpc) is 2.43. The molecule has 0 bridgehead atoms. The Hall–Kier alpha value is -1.74. The molecular formula is C13H10Cl2N4. The number of pyridine rings is 1. The van der Waals surface area contributed by atoms with Crippen LogP contribution in [-0.2, 0) is 6.42 Å². The number of nitrogens with zero attached hydrogens (tertiary/aromatic N) is 4. The highest BCUT2D eigenvalue weighted by molar-refractivity contribution is 6.42. The molecule has 0 aliphatic rings. The molecule has 2 aromatic rings. The average molecular weight is 293 g/mol. The van der Waals surface area contributed by atoms with Crippen LogP contribution in [0.15, 0.2) is 47.8 Å². The van der Waals surface area contributed by atoms with Crippen molar-refractivity contribution >= 4 is 23.2 Å². The molecule has 96 valence electrons. The van der Waals surface area contributed by atoms with E-state index in [-0.39, 0.29) is 0 Å². The van der Waals surface area contributed by atoms with Crippen molar-refractivity contribution in [1.82, 2.24) is 4.98 Å². The number of hydrogen-bond donors (Lipinski definition) is 0. The summed E-state index contributed by atoms with van der Waals surface area (Å²) in [6.07, 6.45) is 3.95. The van der Waals surface area contributed by atoms with Gasteiger partial charge in [0.2, 0.25) is 0 Å². The molecule has 6 heteroatoms. The fraction of sp³-hybridized carbons (Fsp3) is 0.154. The molecule has 1 unspecified atom stereocenters. The van der Waals surface area contributed by atoms with Crippen LogP contribution >= 0.6 is 23.2 Å². The van der Waals surface area contributed by atoms with Gasteiger partial charge in [-0.3, -0.25) is 4.98 Å². The zero-order valence-electron chi connectivity index (χ0n) is 9.87. The molecule has 0 amide bonds. The van der Waals surface area contributed by atoms with Crippen LogP contribution in [0.25, 0.3) is 10.4 Å². The van der Waals surface area contributed by atoms with E-state index in [1.165, 1.54) is 0 Å². The van der Waals surface area contributed by atoms with Gasteiger partial charge in [-0.15, -0.1) is 0 Å². The summed E-state index contributed by atoms with van der Waals surface area (Å²) < 4.78 is 0. The van der Waals surface area contributed by atoms with Crippen molar-refractivity contribution in [2.75, 3.05) is 0 Å². The third kappa shape index (κ3) is 3.38. The van der Waals surface area contributed by atoms with Gasteiger partial charge in [0, 0.05) is 17.3 Å². The largest absolute Gasteiger partial charge is 0.264 e. The van der Waals surface area contributed by atoms with Gasteiger partial charge in [0.15, 0.2) is 0 Å². The number of hydrogen-bond acceptors (Lipinski definition) is 2. The highest BCUT2D eigenvalue weighted by Crippen LogP contribution is 2.33. The van der Waals surface area contributed by atoms with E-state index in [4.69, 9.17) is 28.7 Å². The Bertz CT molecular complexity index is 609. The molecule has 0 fully saturated rings. The molecule has 0 spiro atoms. The van der Waals surface area contributed by atoms with Crippen molar-refractivity contribution in [3.05, 3.63) is 74.3 Å². The van der Waals surface area contributed by atoms with Crippen molar-refractivity contribution in [2.24, 2.45) is 5.11 Å². The second-order valence-corrected chi connectivity index (χ2v) is 4.71. The highest BCUT2D eigenvalue weighted by atomic mass is 35.5. The van der Waals surface area contributed by atoms with Gasteiger partial charge in [0.1, 0.15) is 0 Å². The lowest BCUT2D eigenvalue weighted by Crippen LogP contribution is -2.01. The molecule has 0 aliphatic heterocycles. The van der Waals surface area contributed by atoms with Crippen molar-refractivity contribution in [3.63, 3.8) is 0 Å². The van der Waals surface area contributed by atoms with E-state index in [2.05, 4.69) is 15.0 Å². The Morgan fingerprint density at radius 1 is 1.26 bits per heavy atom. The summed E-state index contributed by atoms with van der Waals surface area (Å²) >= 11 is 12.1. The second-order valence-electron chi connectivity index (χ2n) is 3.93. The van der Waals surface area contributed by atoms with Gasteiger partial charge in [0.05, 0.1) is 16.1 Å². The molecule has 0 aliphatic carbocycles. The Morgan fingerprint density at radius 2 is 2.11 bits per heavy atom. The number of azide groups is 1. The lowest BCUT2D eigenvalue weighted by Gasteiger charge is -2.13. The predicted molar refractivity (Wildman–Crippen MR) is 76.3 cm³/mol. The maximum absolute atomic E-state index is 8.70. The molecule has 2 rings (SSSR count). The van der Waals surface area contributed by atoms with E-state index in [1.807, 2.05) is 18.2 Å². The summed E-state index contributed by atoms with van der Waals surface area (Å²) in [5.74, 6) is 0. The third-order valence-electron chi connectivity index (χ3n) is 2.68. The van der Waals surface area contributed by atoms with Crippen LogP contribution in [0.2, 0.25) is 10.0 Å². The SMILES string of the molecule is [N-]=[N+]=NC(Cc1cccnc1)c1cccc(Cl)c1Cl. The van der Waals surface area contributed by atoms with E-state index in [9.17, 15) is 0 Å². The number of rotatable bonds is 4. The van der Waals surface area contributed by atoms with Crippen LogP contribution in [-0.4, -0.2) is 4.98 Å². The van der Waals surface area contributed by atoms with Crippen LogP contribution in [0.1, 0.15) is 17.2 Å².